The van der Waals surface area contributed by atoms with Crippen molar-refractivity contribution >= 4 is 5.91 Å². The van der Waals surface area contributed by atoms with Crippen LogP contribution in [0.5, 0.6) is 0 Å². The number of carbonyl (C=O) groups excluding carboxylic acids is 1. The molecule has 128 valence electrons. The SMILES string of the molecule is O=C(NCCN1CCCC[C@H]1CO)c1ccccc1-c1ncc[nH]1. The van der Waals surface area contributed by atoms with Gasteiger partial charge in [0.25, 0.3) is 5.91 Å². The number of nitrogens with one attached hydrogen (secondary N) is 2. The summed E-state index contributed by atoms with van der Waals surface area (Å²) in [6.07, 6.45) is 6.78. The average Bonchev–Trinajstić information content (AvgIpc) is 3.16. The van der Waals surface area contributed by atoms with Crippen LogP contribution in [0, 0.1) is 0 Å². The van der Waals surface area contributed by atoms with Gasteiger partial charge in [0.1, 0.15) is 5.82 Å². The van der Waals surface area contributed by atoms with E-state index in [2.05, 4.69) is 20.2 Å². The van der Waals surface area contributed by atoms with E-state index in [9.17, 15) is 9.90 Å². The number of piperidine rings is 1. The van der Waals surface area contributed by atoms with Crippen molar-refractivity contribution in [1.82, 2.24) is 20.2 Å². The molecule has 0 radical (unpaired) electrons. The molecule has 1 amide bonds. The molecule has 3 rings (SSSR count). The second-order valence-electron chi connectivity index (χ2n) is 6.11. The highest BCUT2D eigenvalue weighted by atomic mass is 16.3. The summed E-state index contributed by atoms with van der Waals surface area (Å²) in [4.78, 5) is 22.1. The summed E-state index contributed by atoms with van der Waals surface area (Å²) in [6, 6.07) is 7.68. The number of nitrogens with zero attached hydrogens (tertiary/aromatic N) is 2. The van der Waals surface area contributed by atoms with Crippen LogP contribution in [0.15, 0.2) is 36.7 Å². The monoisotopic (exact) mass is 328 g/mol. The second kappa shape index (κ2) is 8.08. The number of imidazole rings is 1. The Morgan fingerprint density at radius 1 is 1.38 bits per heavy atom. The highest BCUT2D eigenvalue weighted by molar-refractivity contribution is 6.00. The van der Waals surface area contributed by atoms with E-state index in [1.807, 2.05) is 24.3 Å². The minimum absolute atomic E-state index is 0.0976. The molecule has 2 heterocycles. The van der Waals surface area contributed by atoms with Gasteiger partial charge in [0.15, 0.2) is 0 Å². The second-order valence-corrected chi connectivity index (χ2v) is 6.11. The Morgan fingerprint density at radius 2 is 2.25 bits per heavy atom. The fourth-order valence-corrected chi connectivity index (χ4v) is 3.27. The van der Waals surface area contributed by atoms with Gasteiger partial charge in [-0.15, -0.1) is 0 Å². The summed E-state index contributed by atoms with van der Waals surface area (Å²) in [5.74, 6) is 0.594. The Kier molecular flexibility index (Phi) is 5.61. The first-order chi connectivity index (χ1) is 11.8. The minimum Gasteiger partial charge on any atom is -0.395 e. The molecule has 1 aromatic carbocycles. The molecule has 0 aliphatic carbocycles. The first kappa shape index (κ1) is 16.7. The molecule has 2 aromatic rings. The Morgan fingerprint density at radius 3 is 3.04 bits per heavy atom. The maximum atomic E-state index is 12.5. The zero-order chi connectivity index (χ0) is 16.8. The molecule has 1 aliphatic heterocycles. The van der Waals surface area contributed by atoms with Crippen LogP contribution in [0.4, 0.5) is 0 Å². The number of likely N-dealkylation sites (tertiary alicyclic amines) is 1. The van der Waals surface area contributed by atoms with Gasteiger partial charge >= 0.3 is 0 Å². The van der Waals surface area contributed by atoms with Gasteiger partial charge in [0.05, 0.1) is 12.2 Å². The molecular weight excluding hydrogens is 304 g/mol. The van der Waals surface area contributed by atoms with Crippen LogP contribution in [-0.4, -0.2) is 58.2 Å². The molecule has 6 heteroatoms. The summed E-state index contributed by atoms with van der Waals surface area (Å²) in [5, 5.41) is 12.4. The van der Waals surface area contributed by atoms with Gasteiger partial charge in [-0.2, -0.15) is 0 Å². The predicted molar refractivity (Wildman–Crippen MR) is 92.7 cm³/mol. The molecule has 3 N–H and O–H groups in total. The van der Waals surface area contributed by atoms with Gasteiger partial charge in [-0.05, 0) is 25.5 Å². The molecule has 1 aromatic heterocycles. The van der Waals surface area contributed by atoms with E-state index in [-0.39, 0.29) is 18.6 Å². The number of hydrogen-bond donors (Lipinski definition) is 3. The lowest BCUT2D eigenvalue weighted by Gasteiger charge is -2.34. The first-order valence-corrected chi connectivity index (χ1v) is 8.51. The Balaban J connectivity index is 1.60. The molecule has 1 saturated heterocycles. The number of carbonyl (C=O) groups is 1. The number of aromatic nitrogens is 2. The van der Waals surface area contributed by atoms with E-state index in [1.54, 1.807) is 12.4 Å². The van der Waals surface area contributed by atoms with E-state index in [0.717, 1.165) is 31.5 Å². The van der Waals surface area contributed by atoms with Crippen LogP contribution >= 0.6 is 0 Å². The lowest BCUT2D eigenvalue weighted by atomic mass is 10.0. The number of aliphatic hydroxyl groups excluding tert-OH is 1. The number of benzene rings is 1. The van der Waals surface area contributed by atoms with E-state index in [0.29, 0.717) is 17.9 Å². The quantitative estimate of drug-likeness (QED) is 0.753. The zero-order valence-electron chi connectivity index (χ0n) is 13.7. The van der Waals surface area contributed by atoms with Gasteiger partial charge in [-0.1, -0.05) is 24.6 Å². The summed E-state index contributed by atoms with van der Waals surface area (Å²) in [6.45, 7) is 2.51. The van der Waals surface area contributed by atoms with Crippen LogP contribution in [0.1, 0.15) is 29.6 Å². The Bertz CT molecular complexity index is 657. The molecule has 1 atom stereocenters. The van der Waals surface area contributed by atoms with Crippen molar-refractivity contribution in [3.8, 4) is 11.4 Å². The van der Waals surface area contributed by atoms with Gasteiger partial charge in [-0.25, -0.2) is 4.98 Å². The maximum absolute atomic E-state index is 12.5. The third kappa shape index (κ3) is 3.83. The zero-order valence-corrected chi connectivity index (χ0v) is 13.7. The number of hydrogen-bond acceptors (Lipinski definition) is 4. The predicted octanol–water partition coefficient (Wildman–Crippen LogP) is 1.65. The number of aromatic amines is 1. The molecule has 24 heavy (non-hydrogen) atoms. The van der Waals surface area contributed by atoms with Crippen LogP contribution in [-0.2, 0) is 0 Å². The van der Waals surface area contributed by atoms with E-state index in [4.69, 9.17) is 0 Å². The van der Waals surface area contributed by atoms with Crippen LogP contribution in [0.3, 0.4) is 0 Å². The van der Waals surface area contributed by atoms with Gasteiger partial charge in [0.2, 0.25) is 0 Å². The van der Waals surface area contributed by atoms with Crippen molar-refractivity contribution in [2.45, 2.75) is 25.3 Å². The van der Waals surface area contributed by atoms with Crippen molar-refractivity contribution in [3.05, 3.63) is 42.2 Å². The highest BCUT2D eigenvalue weighted by Crippen LogP contribution is 2.20. The van der Waals surface area contributed by atoms with Crippen molar-refractivity contribution in [2.75, 3.05) is 26.2 Å². The van der Waals surface area contributed by atoms with Crippen molar-refractivity contribution < 1.29 is 9.90 Å². The number of aliphatic hydroxyl groups is 1. The molecule has 1 fully saturated rings. The van der Waals surface area contributed by atoms with E-state index >= 15 is 0 Å². The minimum atomic E-state index is -0.0976. The molecule has 0 unspecified atom stereocenters. The number of rotatable bonds is 6. The van der Waals surface area contributed by atoms with Crippen LogP contribution in [0.2, 0.25) is 0 Å². The Labute approximate surface area is 141 Å². The molecule has 6 nitrogen and oxygen atoms in total. The molecule has 0 spiro atoms. The van der Waals surface area contributed by atoms with Gasteiger partial charge < -0.3 is 15.4 Å². The molecule has 0 saturated carbocycles. The van der Waals surface area contributed by atoms with Gasteiger partial charge in [0, 0.05) is 37.1 Å². The van der Waals surface area contributed by atoms with Crippen molar-refractivity contribution in [3.63, 3.8) is 0 Å². The fraction of sp³-hybridized carbons (Fsp3) is 0.444. The molecular formula is C18H24N4O2. The van der Waals surface area contributed by atoms with Crippen LogP contribution < -0.4 is 5.32 Å². The van der Waals surface area contributed by atoms with Crippen molar-refractivity contribution in [1.29, 1.82) is 0 Å². The van der Waals surface area contributed by atoms with E-state index in [1.165, 1.54) is 6.42 Å². The smallest absolute Gasteiger partial charge is 0.252 e. The summed E-state index contributed by atoms with van der Waals surface area (Å²) >= 11 is 0. The fourth-order valence-electron chi connectivity index (χ4n) is 3.27. The third-order valence-corrected chi connectivity index (χ3v) is 4.57. The normalized spacial score (nSPS) is 18.5. The van der Waals surface area contributed by atoms with Crippen LogP contribution in [0.25, 0.3) is 11.4 Å². The third-order valence-electron chi connectivity index (χ3n) is 4.57. The molecule has 1 aliphatic rings. The lowest BCUT2D eigenvalue weighted by Crippen LogP contribution is -2.45. The highest BCUT2D eigenvalue weighted by Gasteiger charge is 2.21. The van der Waals surface area contributed by atoms with E-state index < -0.39 is 0 Å². The average molecular weight is 328 g/mol. The number of H-pyrrole nitrogens is 1. The topological polar surface area (TPSA) is 81.2 Å². The largest absolute Gasteiger partial charge is 0.395 e. The van der Waals surface area contributed by atoms with Crippen molar-refractivity contribution in [2.24, 2.45) is 0 Å². The number of amides is 1. The Hall–Kier alpha value is -2.18. The lowest BCUT2D eigenvalue weighted by molar-refractivity contribution is 0.0849. The standard InChI is InChI=1S/C18H24N4O2/c23-13-14-5-3-4-11-22(14)12-10-21-18(24)16-7-2-1-6-15(16)17-19-8-9-20-17/h1-2,6-9,14,23H,3-5,10-13H2,(H,19,20)(H,21,24)/t14-/m0/s1. The first-order valence-electron chi connectivity index (χ1n) is 8.51. The summed E-state index contributed by atoms with van der Waals surface area (Å²) < 4.78 is 0. The van der Waals surface area contributed by atoms with Gasteiger partial charge in [-0.3, -0.25) is 9.69 Å². The maximum Gasteiger partial charge on any atom is 0.252 e. The molecule has 0 bridgehead atoms. The summed E-state index contributed by atoms with van der Waals surface area (Å²) in [5.41, 5.74) is 1.41. The summed E-state index contributed by atoms with van der Waals surface area (Å²) in [7, 11) is 0.